The van der Waals surface area contributed by atoms with Crippen LogP contribution in [0.5, 0.6) is 0 Å². The van der Waals surface area contributed by atoms with Crippen LogP contribution < -0.4 is 4.94 Å². The molecule has 17 heteroatoms. The predicted octanol–water partition coefficient (Wildman–Crippen LogP) is 1.55. The van der Waals surface area contributed by atoms with Crippen LogP contribution in [0.15, 0.2) is 0 Å². The van der Waals surface area contributed by atoms with E-state index in [1.54, 1.807) is 0 Å². The maximum Gasteiger partial charge on any atom is 0.442 e. The lowest BCUT2D eigenvalue weighted by atomic mass is 10.2. The lowest BCUT2D eigenvalue weighted by molar-refractivity contribution is -0.326. The molecule has 0 aromatic heterocycles. The van der Waals surface area contributed by atoms with Gasteiger partial charge in [-0.3, -0.25) is 0 Å². The Balaban J connectivity index is 6.40. The van der Waals surface area contributed by atoms with Gasteiger partial charge in [-0.2, -0.15) is 43.5 Å². The Hall–Kier alpha value is -0.840. The van der Waals surface area contributed by atoms with Crippen molar-refractivity contribution in [3.63, 3.8) is 0 Å². The van der Waals surface area contributed by atoms with Gasteiger partial charge in [0.1, 0.15) is 0 Å². The third kappa shape index (κ3) is 2.54. The van der Waals surface area contributed by atoms with Gasteiger partial charge >= 0.3 is 42.6 Å². The second-order valence-corrected chi connectivity index (χ2v) is 6.26. The van der Waals surface area contributed by atoms with Crippen LogP contribution in [0.4, 0.5) is 43.5 Å². The Morgan fingerprint density at radius 2 is 0.952 bits per heavy atom. The van der Waals surface area contributed by atoms with Crippen molar-refractivity contribution in [2.24, 2.45) is 0 Å². The molecule has 0 amide bonds. The first-order chi connectivity index (χ1) is 8.81. The summed E-state index contributed by atoms with van der Waals surface area (Å²) in [6, 6.07) is 0. The van der Waals surface area contributed by atoms with E-state index in [0.717, 1.165) is 0 Å². The molecule has 0 heterocycles. The number of nitrogens with one attached hydrogen (secondary N) is 1. The van der Waals surface area contributed by atoms with Gasteiger partial charge in [-0.25, -0.2) is 8.42 Å². The molecule has 0 fully saturated rings. The summed E-state index contributed by atoms with van der Waals surface area (Å²) in [5.74, 6) is -15.5. The number of rotatable bonds is 6. The number of hydrogen-bond acceptors (Lipinski definition) is 4. The topological polar surface area (TPSA) is 80.3 Å². The predicted molar refractivity (Wildman–Crippen MR) is 43.0 cm³/mol. The van der Waals surface area contributed by atoms with E-state index in [9.17, 15) is 60.3 Å². The minimum atomic E-state index is -7.86. The standard InChI is InChI=1S/C4HF10NO4S2/c5-1(6,3(9,10)20(14,16)17)2(7,8)4(11,12)21(18,19)15-13/h15H. The molecule has 0 atom stereocenters. The molecule has 0 saturated carbocycles. The SMILES string of the molecule is O=S(=O)(F)C(F)(F)C(F)(F)C(F)(F)C(F)(F)S(=O)(=O)NF. The summed E-state index contributed by atoms with van der Waals surface area (Å²) in [4.78, 5) is -1.03. The second kappa shape index (κ2) is 4.83. The highest BCUT2D eigenvalue weighted by Crippen LogP contribution is 2.55. The van der Waals surface area contributed by atoms with Crippen LogP contribution in [0, 0.1) is 0 Å². The fourth-order valence-electron chi connectivity index (χ4n) is 0.736. The zero-order chi connectivity index (χ0) is 17.7. The zero-order valence-corrected chi connectivity index (χ0v) is 10.4. The van der Waals surface area contributed by atoms with E-state index >= 15 is 0 Å². The van der Waals surface area contributed by atoms with Crippen molar-refractivity contribution in [3.05, 3.63) is 0 Å². The van der Waals surface area contributed by atoms with Crippen molar-refractivity contribution in [1.29, 1.82) is 0 Å². The lowest BCUT2D eigenvalue weighted by Crippen LogP contribution is -2.66. The van der Waals surface area contributed by atoms with Crippen molar-refractivity contribution in [1.82, 2.24) is 4.94 Å². The van der Waals surface area contributed by atoms with Crippen LogP contribution in [0.1, 0.15) is 0 Å². The van der Waals surface area contributed by atoms with Gasteiger partial charge < -0.3 is 0 Å². The zero-order valence-electron chi connectivity index (χ0n) is 8.73. The Kier molecular flexibility index (Phi) is 4.64. The molecule has 0 rings (SSSR count). The molecule has 0 bridgehead atoms. The average molecular weight is 381 g/mol. The lowest BCUT2D eigenvalue weighted by Gasteiger charge is -2.33. The van der Waals surface area contributed by atoms with Crippen molar-refractivity contribution in [3.8, 4) is 0 Å². The summed E-state index contributed by atoms with van der Waals surface area (Å²) in [6.07, 6.45) is 0. The second-order valence-electron chi connectivity index (χ2n) is 3.20. The molecule has 21 heavy (non-hydrogen) atoms. The van der Waals surface area contributed by atoms with E-state index in [-0.39, 0.29) is 0 Å². The van der Waals surface area contributed by atoms with Crippen LogP contribution in [0.2, 0.25) is 0 Å². The minimum Gasteiger partial charge on any atom is -0.203 e. The minimum absolute atomic E-state index is 1.03. The molecular weight excluding hydrogens is 380 g/mol. The Morgan fingerprint density at radius 1 is 0.667 bits per heavy atom. The molecule has 0 radical (unpaired) electrons. The fourth-order valence-corrected chi connectivity index (χ4v) is 1.73. The summed E-state index contributed by atoms with van der Waals surface area (Å²) in [5, 5.41) is -14.7. The Labute approximate surface area is 109 Å². The molecule has 128 valence electrons. The third-order valence-corrected chi connectivity index (χ3v) is 3.87. The monoisotopic (exact) mass is 381 g/mol. The summed E-state index contributed by atoms with van der Waals surface area (Å²) in [7, 11) is -15.1. The first kappa shape index (κ1) is 20.2. The van der Waals surface area contributed by atoms with Gasteiger partial charge in [0.05, 0.1) is 0 Å². The first-order valence-electron chi connectivity index (χ1n) is 3.88. The highest BCUT2D eigenvalue weighted by molar-refractivity contribution is 7.90. The maximum absolute atomic E-state index is 12.7. The van der Waals surface area contributed by atoms with Crippen LogP contribution in [-0.4, -0.2) is 39.2 Å². The molecule has 0 spiro atoms. The molecule has 0 saturated heterocycles. The van der Waals surface area contributed by atoms with E-state index in [0.29, 0.717) is 0 Å². The van der Waals surface area contributed by atoms with Gasteiger partial charge in [0.2, 0.25) is 0 Å². The van der Waals surface area contributed by atoms with Gasteiger partial charge in [-0.05, 0) is 4.94 Å². The number of alkyl halides is 8. The summed E-state index contributed by atoms with van der Waals surface area (Å²) < 4.78 is 164. The van der Waals surface area contributed by atoms with Gasteiger partial charge in [0.15, 0.2) is 0 Å². The molecule has 5 nitrogen and oxygen atoms in total. The summed E-state index contributed by atoms with van der Waals surface area (Å²) in [5.41, 5.74) is 0. The third-order valence-electron chi connectivity index (χ3n) is 1.87. The highest BCUT2D eigenvalue weighted by Gasteiger charge is 2.87. The molecule has 0 aliphatic carbocycles. The van der Waals surface area contributed by atoms with Crippen molar-refractivity contribution >= 4 is 20.2 Å². The Bertz CT molecular complexity index is 609. The van der Waals surface area contributed by atoms with Gasteiger partial charge in [-0.1, -0.05) is 3.89 Å². The van der Waals surface area contributed by atoms with Crippen LogP contribution in [0.3, 0.4) is 0 Å². The smallest absolute Gasteiger partial charge is 0.203 e. The van der Waals surface area contributed by atoms with E-state index in [1.807, 2.05) is 0 Å². The van der Waals surface area contributed by atoms with Crippen molar-refractivity contribution in [2.75, 3.05) is 0 Å². The maximum atomic E-state index is 12.7. The highest BCUT2D eigenvalue weighted by atomic mass is 32.3. The normalized spacial score (nSPS) is 16.1. The quantitative estimate of drug-likeness (QED) is 0.430. The van der Waals surface area contributed by atoms with Crippen molar-refractivity contribution < 1.29 is 60.3 Å². The molecule has 0 unspecified atom stereocenters. The molecular formula is C4HF10NO4S2. The van der Waals surface area contributed by atoms with Gasteiger partial charge in [0.25, 0.3) is 0 Å². The van der Waals surface area contributed by atoms with Crippen LogP contribution in [0.25, 0.3) is 0 Å². The Morgan fingerprint density at radius 3 is 1.19 bits per heavy atom. The largest absolute Gasteiger partial charge is 0.442 e. The van der Waals surface area contributed by atoms with Crippen LogP contribution in [-0.2, 0) is 20.2 Å². The van der Waals surface area contributed by atoms with Gasteiger partial charge in [-0.15, -0.1) is 4.48 Å². The van der Waals surface area contributed by atoms with E-state index in [4.69, 9.17) is 0 Å². The summed E-state index contributed by atoms with van der Waals surface area (Å²) >= 11 is 0. The van der Waals surface area contributed by atoms with Crippen molar-refractivity contribution in [2.45, 2.75) is 22.4 Å². The number of hydrogen-bond donors (Lipinski definition) is 1. The molecule has 1 N–H and O–H groups in total. The molecule has 0 aliphatic heterocycles. The molecule has 0 aromatic rings. The molecule has 0 aromatic carbocycles. The van der Waals surface area contributed by atoms with E-state index in [2.05, 4.69) is 0 Å². The summed E-state index contributed by atoms with van der Waals surface area (Å²) in [6.45, 7) is 0. The van der Waals surface area contributed by atoms with Crippen LogP contribution >= 0.6 is 0 Å². The van der Waals surface area contributed by atoms with Gasteiger partial charge in [0, 0.05) is 0 Å². The average Bonchev–Trinajstić information content (AvgIpc) is 2.26. The number of sulfonamides is 1. The first-order valence-corrected chi connectivity index (χ1v) is 6.75. The van der Waals surface area contributed by atoms with E-state index in [1.165, 1.54) is 0 Å². The number of halogens is 10. The fraction of sp³-hybridized carbons (Fsp3) is 1.00. The molecule has 0 aliphatic rings. The van der Waals surface area contributed by atoms with E-state index < -0.39 is 47.5 Å².